The molecule has 0 aliphatic carbocycles. The fourth-order valence-corrected chi connectivity index (χ4v) is 3.10. The average Bonchev–Trinajstić information content (AvgIpc) is 2.87. The predicted octanol–water partition coefficient (Wildman–Crippen LogP) is 5.61. The van der Waals surface area contributed by atoms with Crippen LogP contribution in [0.5, 0.6) is 0 Å². The Bertz CT molecular complexity index is 943. The van der Waals surface area contributed by atoms with E-state index in [0.29, 0.717) is 5.56 Å². The van der Waals surface area contributed by atoms with Gasteiger partial charge in [0.25, 0.3) is 0 Å². The summed E-state index contributed by atoms with van der Waals surface area (Å²) in [5, 5.41) is 0. The summed E-state index contributed by atoms with van der Waals surface area (Å²) in [4.78, 5) is 12.4. The topological polar surface area (TPSA) is 22.0 Å². The van der Waals surface area contributed by atoms with E-state index in [4.69, 9.17) is 0 Å². The van der Waals surface area contributed by atoms with Gasteiger partial charge in [-0.05, 0) is 69.2 Å². The Kier molecular flexibility index (Phi) is 4.71. The number of rotatable bonds is 4. The third-order valence-corrected chi connectivity index (χ3v) is 4.48. The SMILES string of the molecule is Cc1ccc(C(=O)/C=C/c2cc(C)n(-c3cccc(C)c3)c2C)cc1. The zero-order valence-corrected chi connectivity index (χ0v) is 15.2. The van der Waals surface area contributed by atoms with E-state index in [2.05, 4.69) is 55.7 Å². The maximum atomic E-state index is 12.4. The number of hydrogen-bond donors (Lipinski definition) is 0. The van der Waals surface area contributed by atoms with Crippen LogP contribution in [-0.4, -0.2) is 10.4 Å². The minimum atomic E-state index is 0.0281. The lowest BCUT2D eigenvalue weighted by molar-refractivity contribution is 0.104. The average molecular weight is 329 g/mol. The fraction of sp³-hybridized carbons (Fsp3) is 0.174. The van der Waals surface area contributed by atoms with Crippen LogP contribution in [0.4, 0.5) is 0 Å². The molecule has 3 rings (SSSR count). The van der Waals surface area contributed by atoms with Crippen LogP contribution in [0.25, 0.3) is 11.8 Å². The highest BCUT2D eigenvalue weighted by molar-refractivity contribution is 6.06. The van der Waals surface area contributed by atoms with Gasteiger partial charge in [0, 0.05) is 22.6 Å². The molecule has 0 saturated carbocycles. The second kappa shape index (κ2) is 6.94. The standard InChI is InChI=1S/C23H23NO/c1-16-8-10-20(11-9-16)23(25)13-12-21-15-18(3)24(19(21)4)22-7-5-6-17(2)14-22/h5-15H,1-4H3/b13-12+. The fourth-order valence-electron chi connectivity index (χ4n) is 3.10. The molecule has 1 aromatic heterocycles. The summed E-state index contributed by atoms with van der Waals surface area (Å²) in [5.41, 5.74) is 7.62. The molecule has 0 aliphatic rings. The summed E-state index contributed by atoms with van der Waals surface area (Å²) >= 11 is 0. The van der Waals surface area contributed by atoms with Crippen LogP contribution in [0.3, 0.4) is 0 Å². The first-order valence-corrected chi connectivity index (χ1v) is 8.51. The monoisotopic (exact) mass is 329 g/mol. The third kappa shape index (κ3) is 3.63. The molecule has 25 heavy (non-hydrogen) atoms. The largest absolute Gasteiger partial charge is 0.318 e. The minimum Gasteiger partial charge on any atom is -0.318 e. The van der Waals surface area contributed by atoms with Gasteiger partial charge in [0.15, 0.2) is 5.78 Å². The Morgan fingerprint density at radius 3 is 2.28 bits per heavy atom. The second-order valence-corrected chi connectivity index (χ2v) is 6.56. The molecule has 0 aliphatic heterocycles. The minimum absolute atomic E-state index is 0.0281. The number of hydrogen-bond acceptors (Lipinski definition) is 1. The van der Waals surface area contributed by atoms with Crippen LogP contribution in [0.15, 0.2) is 60.7 Å². The van der Waals surface area contributed by atoms with Crippen molar-refractivity contribution in [2.24, 2.45) is 0 Å². The lowest BCUT2D eigenvalue weighted by Gasteiger charge is -2.10. The summed E-state index contributed by atoms with van der Waals surface area (Å²) in [5.74, 6) is 0.0281. The lowest BCUT2D eigenvalue weighted by Crippen LogP contribution is -1.99. The van der Waals surface area contributed by atoms with Crippen LogP contribution >= 0.6 is 0 Å². The van der Waals surface area contributed by atoms with Crippen LogP contribution in [0, 0.1) is 27.7 Å². The molecule has 1 heterocycles. The summed E-state index contributed by atoms with van der Waals surface area (Å²) in [6, 6.07) is 18.2. The van der Waals surface area contributed by atoms with E-state index in [-0.39, 0.29) is 5.78 Å². The van der Waals surface area contributed by atoms with E-state index in [0.717, 1.165) is 28.2 Å². The molecule has 2 aromatic carbocycles. The highest BCUT2D eigenvalue weighted by Gasteiger charge is 2.09. The molecule has 2 nitrogen and oxygen atoms in total. The maximum Gasteiger partial charge on any atom is 0.185 e. The molecule has 2 heteroatoms. The zero-order chi connectivity index (χ0) is 18.0. The molecular weight excluding hydrogens is 306 g/mol. The van der Waals surface area contributed by atoms with Gasteiger partial charge in [0.1, 0.15) is 0 Å². The number of aromatic nitrogens is 1. The predicted molar refractivity (Wildman–Crippen MR) is 105 cm³/mol. The van der Waals surface area contributed by atoms with Crippen LogP contribution in [0.1, 0.15) is 38.4 Å². The Hall–Kier alpha value is -2.87. The van der Waals surface area contributed by atoms with Crippen molar-refractivity contribution in [3.8, 4) is 5.69 Å². The molecule has 0 bridgehead atoms. The van der Waals surface area contributed by atoms with Gasteiger partial charge in [0.2, 0.25) is 0 Å². The number of carbonyl (C=O) groups excluding carboxylic acids is 1. The first kappa shape index (κ1) is 17.0. The van der Waals surface area contributed by atoms with Gasteiger partial charge in [-0.2, -0.15) is 0 Å². The van der Waals surface area contributed by atoms with Crippen molar-refractivity contribution in [1.29, 1.82) is 0 Å². The Morgan fingerprint density at radius 1 is 0.880 bits per heavy atom. The molecule has 0 N–H and O–H groups in total. The van der Waals surface area contributed by atoms with Crippen LogP contribution in [0.2, 0.25) is 0 Å². The van der Waals surface area contributed by atoms with Crippen LogP contribution in [-0.2, 0) is 0 Å². The summed E-state index contributed by atoms with van der Waals surface area (Å²) in [7, 11) is 0. The summed E-state index contributed by atoms with van der Waals surface area (Å²) in [6.45, 7) is 8.29. The highest BCUT2D eigenvalue weighted by Crippen LogP contribution is 2.22. The van der Waals surface area contributed by atoms with Crippen molar-refractivity contribution in [2.45, 2.75) is 27.7 Å². The van der Waals surface area contributed by atoms with E-state index in [1.54, 1.807) is 6.08 Å². The van der Waals surface area contributed by atoms with Crippen molar-refractivity contribution < 1.29 is 4.79 Å². The molecule has 0 unspecified atom stereocenters. The Morgan fingerprint density at radius 2 is 1.60 bits per heavy atom. The Labute approximate surface area is 149 Å². The van der Waals surface area contributed by atoms with Crippen molar-refractivity contribution in [2.75, 3.05) is 0 Å². The molecular formula is C23H23NO. The first-order valence-electron chi connectivity index (χ1n) is 8.51. The van der Waals surface area contributed by atoms with Crippen LogP contribution < -0.4 is 0 Å². The smallest absolute Gasteiger partial charge is 0.185 e. The number of benzene rings is 2. The lowest BCUT2D eigenvalue weighted by atomic mass is 10.1. The van der Waals surface area contributed by atoms with Gasteiger partial charge in [0.05, 0.1) is 0 Å². The third-order valence-electron chi connectivity index (χ3n) is 4.48. The summed E-state index contributed by atoms with van der Waals surface area (Å²) in [6.07, 6.45) is 3.57. The number of aryl methyl sites for hydroxylation is 3. The quantitative estimate of drug-likeness (QED) is 0.450. The van der Waals surface area contributed by atoms with Gasteiger partial charge >= 0.3 is 0 Å². The van der Waals surface area contributed by atoms with E-state index >= 15 is 0 Å². The van der Waals surface area contributed by atoms with Crippen molar-refractivity contribution >= 4 is 11.9 Å². The molecule has 0 radical (unpaired) electrons. The number of ketones is 1. The first-order chi connectivity index (χ1) is 12.0. The molecule has 3 aromatic rings. The zero-order valence-electron chi connectivity index (χ0n) is 15.2. The van der Waals surface area contributed by atoms with Gasteiger partial charge < -0.3 is 4.57 Å². The maximum absolute atomic E-state index is 12.4. The summed E-state index contributed by atoms with van der Waals surface area (Å²) < 4.78 is 2.23. The van der Waals surface area contributed by atoms with E-state index in [1.165, 1.54) is 5.56 Å². The van der Waals surface area contributed by atoms with E-state index < -0.39 is 0 Å². The van der Waals surface area contributed by atoms with Crippen molar-refractivity contribution in [1.82, 2.24) is 4.57 Å². The van der Waals surface area contributed by atoms with Gasteiger partial charge in [-0.15, -0.1) is 0 Å². The molecule has 0 amide bonds. The molecule has 0 atom stereocenters. The van der Waals surface area contributed by atoms with Gasteiger partial charge in [-0.3, -0.25) is 4.79 Å². The number of nitrogens with zero attached hydrogens (tertiary/aromatic N) is 1. The number of allylic oxidation sites excluding steroid dienone is 1. The molecule has 0 spiro atoms. The molecule has 126 valence electrons. The van der Waals surface area contributed by atoms with Gasteiger partial charge in [-0.1, -0.05) is 42.0 Å². The normalized spacial score (nSPS) is 11.2. The van der Waals surface area contributed by atoms with Gasteiger partial charge in [-0.25, -0.2) is 0 Å². The highest BCUT2D eigenvalue weighted by atomic mass is 16.1. The van der Waals surface area contributed by atoms with E-state index in [1.807, 2.05) is 37.3 Å². The van der Waals surface area contributed by atoms with E-state index in [9.17, 15) is 4.79 Å². The molecule has 0 saturated heterocycles. The Balaban J connectivity index is 1.90. The molecule has 0 fully saturated rings. The van der Waals surface area contributed by atoms with Crippen molar-refractivity contribution in [3.63, 3.8) is 0 Å². The van der Waals surface area contributed by atoms with Crippen molar-refractivity contribution in [3.05, 3.63) is 94.3 Å². The number of carbonyl (C=O) groups is 1. The second-order valence-electron chi connectivity index (χ2n) is 6.56.